The molecule has 0 saturated heterocycles. The molecule has 3 heteroatoms. The molecule has 0 bridgehead atoms. The fraction of sp³-hybridized carbons (Fsp3) is 0. The first kappa shape index (κ1) is 11.4. The zero-order chi connectivity index (χ0) is 13.1. The fourth-order valence-electron chi connectivity index (χ4n) is 1.91. The van der Waals surface area contributed by atoms with Gasteiger partial charge in [0.2, 0.25) is 0 Å². The van der Waals surface area contributed by atoms with Crippen LogP contribution in [0.15, 0.2) is 65.2 Å². The highest BCUT2D eigenvalue weighted by atomic mass is 16.3. The Labute approximate surface area is 110 Å². The first-order valence-electron chi connectivity index (χ1n) is 5.94. The number of hydrogen-bond donors (Lipinski definition) is 0. The van der Waals surface area contributed by atoms with Gasteiger partial charge < -0.3 is 4.42 Å². The molecular weight excluding hydrogens is 238 g/mol. The highest BCUT2D eigenvalue weighted by Crippen LogP contribution is 2.24. The number of furan rings is 1. The van der Waals surface area contributed by atoms with E-state index in [1.807, 2.05) is 42.5 Å². The molecule has 92 valence electrons. The summed E-state index contributed by atoms with van der Waals surface area (Å²) in [6.45, 7) is 0. The lowest BCUT2D eigenvalue weighted by molar-refractivity contribution is 0.110. The van der Waals surface area contributed by atoms with Crippen LogP contribution in [0.25, 0.3) is 22.6 Å². The SMILES string of the molecule is O=Cc1ccc(-c2ccc(-c3ccccn3)cc2)o1. The third-order valence-corrected chi connectivity index (χ3v) is 2.87. The summed E-state index contributed by atoms with van der Waals surface area (Å²) in [5.41, 5.74) is 2.92. The van der Waals surface area contributed by atoms with E-state index in [0.717, 1.165) is 16.8 Å². The second-order valence-corrected chi connectivity index (χ2v) is 4.11. The Morgan fingerprint density at radius 1 is 0.895 bits per heavy atom. The number of nitrogens with zero attached hydrogens (tertiary/aromatic N) is 1. The lowest BCUT2D eigenvalue weighted by atomic mass is 10.1. The molecule has 3 aromatic rings. The van der Waals surface area contributed by atoms with Crippen molar-refractivity contribution in [3.05, 3.63) is 66.6 Å². The van der Waals surface area contributed by atoms with Gasteiger partial charge >= 0.3 is 0 Å². The van der Waals surface area contributed by atoms with Gasteiger partial charge in [0.1, 0.15) is 5.76 Å². The van der Waals surface area contributed by atoms with Crippen molar-refractivity contribution in [1.29, 1.82) is 0 Å². The maximum absolute atomic E-state index is 10.6. The Morgan fingerprint density at radius 2 is 1.68 bits per heavy atom. The summed E-state index contributed by atoms with van der Waals surface area (Å²) in [5, 5.41) is 0. The van der Waals surface area contributed by atoms with Gasteiger partial charge in [0, 0.05) is 17.3 Å². The van der Waals surface area contributed by atoms with Crippen LogP contribution in [0, 0.1) is 0 Å². The van der Waals surface area contributed by atoms with Crippen LogP contribution >= 0.6 is 0 Å². The van der Waals surface area contributed by atoms with Gasteiger partial charge in [-0.3, -0.25) is 9.78 Å². The van der Waals surface area contributed by atoms with Crippen LogP contribution in [0.1, 0.15) is 10.6 Å². The van der Waals surface area contributed by atoms with E-state index in [-0.39, 0.29) is 0 Å². The molecule has 0 atom stereocenters. The van der Waals surface area contributed by atoms with Gasteiger partial charge in [0.15, 0.2) is 12.0 Å². The molecule has 0 aliphatic heterocycles. The summed E-state index contributed by atoms with van der Waals surface area (Å²) in [5.74, 6) is 1.03. The minimum Gasteiger partial charge on any atom is -0.453 e. The average Bonchev–Trinajstić information content (AvgIpc) is 2.97. The second kappa shape index (κ2) is 4.90. The average molecular weight is 249 g/mol. The number of aromatic nitrogens is 1. The lowest BCUT2D eigenvalue weighted by Gasteiger charge is -2.01. The van der Waals surface area contributed by atoms with Crippen LogP contribution in [0.5, 0.6) is 0 Å². The number of carbonyl (C=O) groups is 1. The number of hydrogen-bond acceptors (Lipinski definition) is 3. The molecule has 0 N–H and O–H groups in total. The summed E-state index contributed by atoms with van der Waals surface area (Å²) in [7, 11) is 0. The van der Waals surface area contributed by atoms with E-state index < -0.39 is 0 Å². The van der Waals surface area contributed by atoms with Crippen LogP contribution in [-0.2, 0) is 0 Å². The predicted octanol–water partition coefficient (Wildman–Crippen LogP) is 3.82. The van der Waals surface area contributed by atoms with Gasteiger partial charge in [-0.05, 0) is 24.3 Å². The first-order chi connectivity index (χ1) is 9.36. The largest absolute Gasteiger partial charge is 0.453 e. The van der Waals surface area contributed by atoms with E-state index in [2.05, 4.69) is 4.98 Å². The van der Waals surface area contributed by atoms with Gasteiger partial charge in [-0.1, -0.05) is 30.3 Å². The molecule has 0 aliphatic carbocycles. The molecule has 2 aromatic heterocycles. The number of aldehydes is 1. The Hall–Kier alpha value is -2.68. The molecular formula is C16H11NO2. The molecule has 0 amide bonds. The first-order valence-corrected chi connectivity index (χ1v) is 5.94. The summed E-state index contributed by atoms with van der Waals surface area (Å²) in [4.78, 5) is 14.9. The van der Waals surface area contributed by atoms with Crippen LogP contribution in [-0.4, -0.2) is 11.3 Å². The van der Waals surface area contributed by atoms with Crippen molar-refractivity contribution in [3.63, 3.8) is 0 Å². The topological polar surface area (TPSA) is 43.1 Å². The summed E-state index contributed by atoms with van der Waals surface area (Å²) in [6, 6.07) is 17.2. The van der Waals surface area contributed by atoms with Crippen LogP contribution in [0.3, 0.4) is 0 Å². The Bertz CT molecular complexity index is 684. The maximum atomic E-state index is 10.6. The third kappa shape index (κ3) is 2.31. The molecule has 1 aromatic carbocycles. The summed E-state index contributed by atoms with van der Waals surface area (Å²) >= 11 is 0. The normalized spacial score (nSPS) is 10.3. The smallest absolute Gasteiger partial charge is 0.185 e. The van der Waals surface area contributed by atoms with Crippen molar-refractivity contribution in [2.24, 2.45) is 0 Å². The maximum Gasteiger partial charge on any atom is 0.185 e. The van der Waals surface area contributed by atoms with Crippen LogP contribution < -0.4 is 0 Å². The van der Waals surface area contributed by atoms with Crippen LogP contribution in [0.2, 0.25) is 0 Å². The number of rotatable bonds is 3. The van der Waals surface area contributed by atoms with Gasteiger partial charge in [-0.15, -0.1) is 0 Å². The van der Waals surface area contributed by atoms with Gasteiger partial charge in [-0.2, -0.15) is 0 Å². The van der Waals surface area contributed by atoms with E-state index in [0.29, 0.717) is 17.8 Å². The summed E-state index contributed by atoms with van der Waals surface area (Å²) in [6.07, 6.45) is 2.47. The van der Waals surface area contributed by atoms with Crippen LogP contribution in [0.4, 0.5) is 0 Å². The molecule has 19 heavy (non-hydrogen) atoms. The monoisotopic (exact) mass is 249 g/mol. The number of pyridine rings is 1. The minimum atomic E-state index is 0.337. The zero-order valence-corrected chi connectivity index (χ0v) is 10.1. The molecule has 3 rings (SSSR count). The van der Waals surface area contributed by atoms with E-state index >= 15 is 0 Å². The standard InChI is InChI=1S/C16H11NO2/c18-11-14-8-9-16(19-14)13-6-4-12(5-7-13)15-3-1-2-10-17-15/h1-11H. The highest BCUT2D eigenvalue weighted by Gasteiger charge is 2.05. The van der Waals surface area contributed by atoms with Crippen molar-refractivity contribution in [1.82, 2.24) is 4.98 Å². The second-order valence-electron chi connectivity index (χ2n) is 4.11. The van der Waals surface area contributed by atoms with Crippen molar-refractivity contribution < 1.29 is 9.21 Å². The molecule has 0 radical (unpaired) electrons. The molecule has 0 aliphatic rings. The molecule has 3 nitrogen and oxygen atoms in total. The minimum absolute atomic E-state index is 0.337. The van der Waals surface area contributed by atoms with Gasteiger partial charge in [0.25, 0.3) is 0 Å². The molecule has 0 spiro atoms. The van der Waals surface area contributed by atoms with Crippen molar-refractivity contribution in [2.45, 2.75) is 0 Å². The Balaban J connectivity index is 1.92. The Kier molecular flexibility index (Phi) is 2.94. The van der Waals surface area contributed by atoms with E-state index in [1.165, 1.54) is 0 Å². The third-order valence-electron chi connectivity index (χ3n) is 2.87. The highest BCUT2D eigenvalue weighted by molar-refractivity contribution is 5.73. The van der Waals surface area contributed by atoms with Crippen molar-refractivity contribution in [2.75, 3.05) is 0 Å². The molecule has 2 heterocycles. The number of carbonyl (C=O) groups excluding carboxylic acids is 1. The Morgan fingerprint density at radius 3 is 2.32 bits per heavy atom. The molecule has 0 fully saturated rings. The quantitative estimate of drug-likeness (QED) is 0.663. The van der Waals surface area contributed by atoms with Gasteiger partial charge in [0.05, 0.1) is 5.69 Å². The molecule has 0 unspecified atom stereocenters. The van der Waals surface area contributed by atoms with E-state index in [1.54, 1.807) is 18.3 Å². The van der Waals surface area contributed by atoms with E-state index in [9.17, 15) is 4.79 Å². The van der Waals surface area contributed by atoms with Gasteiger partial charge in [-0.25, -0.2) is 0 Å². The van der Waals surface area contributed by atoms with E-state index in [4.69, 9.17) is 4.42 Å². The predicted molar refractivity (Wildman–Crippen MR) is 72.8 cm³/mol. The number of benzene rings is 1. The lowest BCUT2D eigenvalue weighted by Crippen LogP contribution is -1.82. The molecule has 0 saturated carbocycles. The fourth-order valence-corrected chi connectivity index (χ4v) is 1.91. The summed E-state index contributed by atoms with van der Waals surface area (Å²) < 4.78 is 5.38. The van der Waals surface area contributed by atoms with Crippen molar-refractivity contribution in [3.8, 4) is 22.6 Å². The zero-order valence-electron chi connectivity index (χ0n) is 10.1. The van der Waals surface area contributed by atoms with Crippen molar-refractivity contribution >= 4 is 6.29 Å².